The lowest BCUT2D eigenvalue weighted by atomic mass is 10.1. The Bertz CT molecular complexity index is 840. The lowest BCUT2D eigenvalue weighted by Crippen LogP contribution is -2.44. The number of benzene rings is 1. The van der Waals surface area contributed by atoms with Crippen LogP contribution in [0.15, 0.2) is 24.3 Å². The van der Waals surface area contributed by atoms with Crippen LogP contribution >= 0.6 is 23.4 Å². The maximum Gasteiger partial charge on any atom is 0.254 e. The minimum Gasteiger partial charge on any atom is -0.376 e. The molecule has 150 valence electrons. The number of carbonyl (C=O) groups excluding carboxylic acids is 1. The number of hydrogen-bond acceptors (Lipinski definition) is 4. The zero-order chi connectivity index (χ0) is 19.7. The lowest BCUT2D eigenvalue weighted by Gasteiger charge is -2.31. The summed E-state index contributed by atoms with van der Waals surface area (Å²) in [5.41, 5.74) is 3.33. The highest BCUT2D eigenvalue weighted by atomic mass is 35.5. The van der Waals surface area contributed by atoms with Crippen LogP contribution < -0.4 is 0 Å². The predicted octanol–water partition coefficient (Wildman–Crippen LogP) is 4.27. The summed E-state index contributed by atoms with van der Waals surface area (Å²) in [6, 6.07) is 7.98. The van der Waals surface area contributed by atoms with E-state index in [2.05, 4.69) is 5.10 Å². The maximum absolute atomic E-state index is 13.3. The third-order valence-electron chi connectivity index (χ3n) is 5.59. The summed E-state index contributed by atoms with van der Waals surface area (Å²) in [5, 5.41) is 5.17. The third kappa shape index (κ3) is 3.95. The Morgan fingerprint density at radius 2 is 2.11 bits per heavy atom. The van der Waals surface area contributed by atoms with E-state index in [9.17, 15) is 4.79 Å². The molecule has 1 amide bonds. The Kier molecular flexibility index (Phi) is 5.99. The second-order valence-electron chi connectivity index (χ2n) is 7.55. The van der Waals surface area contributed by atoms with Gasteiger partial charge in [-0.15, -0.1) is 0 Å². The molecule has 0 radical (unpaired) electrons. The topological polar surface area (TPSA) is 47.4 Å². The van der Waals surface area contributed by atoms with E-state index in [1.807, 2.05) is 59.5 Å². The first-order valence-electron chi connectivity index (χ1n) is 9.87. The molecule has 0 bridgehead atoms. The number of nitrogens with zero attached hydrogens (tertiary/aromatic N) is 3. The van der Waals surface area contributed by atoms with E-state index in [0.29, 0.717) is 23.2 Å². The number of halogens is 1. The van der Waals surface area contributed by atoms with Gasteiger partial charge in [0.1, 0.15) is 0 Å². The molecule has 2 saturated heterocycles. The van der Waals surface area contributed by atoms with E-state index in [4.69, 9.17) is 16.3 Å². The first-order valence-corrected chi connectivity index (χ1v) is 11.4. The zero-order valence-electron chi connectivity index (χ0n) is 16.4. The molecule has 4 rings (SSSR count). The normalized spacial score (nSPS) is 22.0. The number of amides is 1. The Balaban J connectivity index is 1.55. The molecular weight excluding hydrogens is 394 g/mol. The van der Waals surface area contributed by atoms with Gasteiger partial charge in [0.15, 0.2) is 0 Å². The minimum absolute atomic E-state index is 0.0981. The van der Waals surface area contributed by atoms with Crippen LogP contribution in [0.4, 0.5) is 0 Å². The molecule has 5 nitrogen and oxygen atoms in total. The van der Waals surface area contributed by atoms with E-state index in [0.717, 1.165) is 54.5 Å². The van der Waals surface area contributed by atoms with Crippen LogP contribution in [-0.4, -0.2) is 57.4 Å². The molecule has 0 N–H and O–H groups in total. The fourth-order valence-corrected chi connectivity index (χ4v) is 5.30. The molecule has 0 saturated carbocycles. The van der Waals surface area contributed by atoms with Crippen molar-refractivity contribution in [3.05, 3.63) is 46.2 Å². The highest BCUT2D eigenvalue weighted by Crippen LogP contribution is 2.27. The van der Waals surface area contributed by atoms with Crippen LogP contribution in [0.2, 0.25) is 5.02 Å². The van der Waals surface area contributed by atoms with E-state index in [1.54, 1.807) is 0 Å². The molecule has 2 atom stereocenters. The summed E-state index contributed by atoms with van der Waals surface area (Å²) in [6.45, 7) is 5.35. The second-order valence-corrected chi connectivity index (χ2v) is 9.08. The molecule has 2 fully saturated rings. The van der Waals surface area contributed by atoms with Gasteiger partial charge in [0.2, 0.25) is 0 Å². The van der Waals surface area contributed by atoms with E-state index >= 15 is 0 Å². The van der Waals surface area contributed by atoms with Crippen molar-refractivity contribution in [1.29, 1.82) is 0 Å². The van der Waals surface area contributed by atoms with E-state index in [-0.39, 0.29) is 12.0 Å². The fraction of sp³-hybridized carbons (Fsp3) is 0.524. The summed E-state index contributed by atoms with van der Waals surface area (Å²) in [4.78, 5) is 15.4. The Morgan fingerprint density at radius 3 is 2.68 bits per heavy atom. The highest BCUT2D eigenvalue weighted by Gasteiger charge is 2.31. The fourth-order valence-electron chi connectivity index (χ4n) is 3.96. The average molecular weight is 420 g/mol. The first-order chi connectivity index (χ1) is 13.5. The van der Waals surface area contributed by atoms with Gasteiger partial charge in [-0.25, -0.2) is 4.68 Å². The molecule has 2 aliphatic rings. The summed E-state index contributed by atoms with van der Waals surface area (Å²) >= 11 is 8.19. The van der Waals surface area contributed by atoms with Crippen LogP contribution in [0.25, 0.3) is 5.69 Å². The molecular formula is C21H26ClN3O2S. The van der Waals surface area contributed by atoms with Crippen LogP contribution in [0.5, 0.6) is 0 Å². The van der Waals surface area contributed by atoms with Crippen molar-refractivity contribution in [3.8, 4) is 5.69 Å². The summed E-state index contributed by atoms with van der Waals surface area (Å²) in [7, 11) is 0. The van der Waals surface area contributed by atoms with Crippen LogP contribution in [-0.2, 0) is 4.74 Å². The molecule has 2 aromatic rings. The van der Waals surface area contributed by atoms with Crippen molar-refractivity contribution in [2.24, 2.45) is 0 Å². The quantitative estimate of drug-likeness (QED) is 0.726. The molecule has 28 heavy (non-hydrogen) atoms. The van der Waals surface area contributed by atoms with Crippen LogP contribution in [0.3, 0.4) is 0 Å². The van der Waals surface area contributed by atoms with Gasteiger partial charge >= 0.3 is 0 Å². The van der Waals surface area contributed by atoms with Gasteiger partial charge < -0.3 is 9.64 Å². The van der Waals surface area contributed by atoms with Crippen molar-refractivity contribution < 1.29 is 9.53 Å². The SMILES string of the molecule is Cc1nn(-c2ccc(C(=O)N(CC3CCCO3)C3CCSC3)cc2)c(C)c1Cl. The van der Waals surface area contributed by atoms with Gasteiger partial charge in [-0.1, -0.05) is 11.6 Å². The number of ether oxygens (including phenoxy) is 1. The van der Waals surface area contributed by atoms with Gasteiger partial charge in [0, 0.05) is 30.5 Å². The van der Waals surface area contributed by atoms with Crippen molar-refractivity contribution in [2.75, 3.05) is 24.7 Å². The standard InChI is InChI=1S/C21H26ClN3O2S/c1-14-20(22)15(2)25(23-14)17-7-5-16(6-8-17)21(26)24(18-9-11-28-13-18)12-19-4-3-10-27-19/h5-8,18-19H,3-4,9-13H2,1-2H3. The molecule has 0 spiro atoms. The maximum atomic E-state index is 13.3. The molecule has 3 heterocycles. The van der Waals surface area contributed by atoms with Gasteiger partial charge in [-0.2, -0.15) is 16.9 Å². The van der Waals surface area contributed by atoms with Crippen molar-refractivity contribution in [1.82, 2.24) is 14.7 Å². The Hall–Kier alpha value is -1.50. The number of thioether (sulfide) groups is 1. The van der Waals surface area contributed by atoms with Crippen LogP contribution in [0.1, 0.15) is 41.0 Å². The predicted molar refractivity (Wildman–Crippen MR) is 114 cm³/mol. The smallest absolute Gasteiger partial charge is 0.254 e. The lowest BCUT2D eigenvalue weighted by molar-refractivity contribution is 0.0442. The number of carbonyl (C=O) groups is 1. The second kappa shape index (κ2) is 8.47. The highest BCUT2D eigenvalue weighted by molar-refractivity contribution is 7.99. The van der Waals surface area contributed by atoms with Crippen molar-refractivity contribution >= 4 is 29.3 Å². The van der Waals surface area contributed by atoms with Gasteiger partial charge in [-0.3, -0.25) is 4.79 Å². The van der Waals surface area contributed by atoms with Gasteiger partial charge in [0.25, 0.3) is 5.91 Å². The molecule has 0 aliphatic carbocycles. The third-order valence-corrected chi connectivity index (χ3v) is 7.29. The van der Waals surface area contributed by atoms with Crippen molar-refractivity contribution in [3.63, 3.8) is 0 Å². The Morgan fingerprint density at radius 1 is 1.32 bits per heavy atom. The summed E-state index contributed by atoms with van der Waals surface area (Å²) in [5.74, 6) is 2.24. The molecule has 2 aliphatic heterocycles. The number of rotatable bonds is 5. The Labute approximate surface area is 175 Å². The van der Waals surface area contributed by atoms with Crippen molar-refractivity contribution in [2.45, 2.75) is 45.3 Å². The zero-order valence-corrected chi connectivity index (χ0v) is 17.9. The molecule has 1 aromatic carbocycles. The minimum atomic E-state index is 0.0981. The van der Waals surface area contributed by atoms with Gasteiger partial charge in [-0.05, 0) is 63.1 Å². The van der Waals surface area contributed by atoms with Crippen LogP contribution in [0, 0.1) is 13.8 Å². The monoisotopic (exact) mass is 419 g/mol. The van der Waals surface area contributed by atoms with E-state index < -0.39 is 0 Å². The summed E-state index contributed by atoms with van der Waals surface area (Å²) in [6.07, 6.45) is 3.37. The largest absolute Gasteiger partial charge is 0.376 e. The first kappa shape index (κ1) is 19.8. The number of aryl methyl sites for hydroxylation is 1. The summed E-state index contributed by atoms with van der Waals surface area (Å²) < 4.78 is 7.63. The van der Waals surface area contributed by atoms with E-state index in [1.165, 1.54) is 0 Å². The number of hydrogen-bond donors (Lipinski definition) is 0. The van der Waals surface area contributed by atoms with Gasteiger partial charge in [0.05, 0.1) is 28.2 Å². The average Bonchev–Trinajstić information content (AvgIpc) is 3.46. The molecule has 1 aromatic heterocycles. The molecule has 7 heteroatoms. The molecule has 2 unspecified atom stereocenters. The number of aromatic nitrogens is 2.